The van der Waals surface area contributed by atoms with Crippen LogP contribution in [-0.2, 0) is 105 Å². The molecular formula is C126H158N6+4. The molecule has 0 atom stereocenters. The number of fused-ring (bicyclic) bond motifs is 10. The molecule has 6 heteroatoms. The maximum Gasteiger partial charge on any atom is 0.294 e. The van der Waals surface area contributed by atoms with Gasteiger partial charge >= 0.3 is 0 Å². The molecule has 132 heavy (non-hydrogen) atoms. The van der Waals surface area contributed by atoms with E-state index in [0.717, 1.165) is 0 Å². The van der Waals surface area contributed by atoms with Gasteiger partial charge in [0, 0.05) is 67.4 Å². The van der Waals surface area contributed by atoms with E-state index < -0.39 is 0 Å². The number of imidazole rings is 2. The third-order valence-electron chi connectivity index (χ3n) is 38.2. The fourth-order valence-electron chi connectivity index (χ4n) is 30.8. The van der Waals surface area contributed by atoms with E-state index in [-0.39, 0.29) is 0 Å². The summed E-state index contributed by atoms with van der Waals surface area (Å²) in [5, 5.41) is 2.96. The first-order chi connectivity index (χ1) is 64.1. The summed E-state index contributed by atoms with van der Waals surface area (Å²) in [6.45, 7) is 18.2. The van der Waals surface area contributed by atoms with Crippen LogP contribution in [0, 0.1) is 87.9 Å². The summed E-state index contributed by atoms with van der Waals surface area (Å²) in [5.41, 5.74) is 49.1. The van der Waals surface area contributed by atoms with Crippen molar-refractivity contribution >= 4 is 21.8 Å². The van der Waals surface area contributed by atoms with E-state index in [1.54, 1.807) is 78.1 Å². The fourth-order valence-corrected chi connectivity index (χ4v) is 30.8. The molecule has 0 amide bonds. The van der Waals surface area contributed by atoms with Crippen molar-refractivity contribution in [1.29, 1.82) is 0 Å². The van der Waals surface area contributed by atoms with Crippen LogP contribution in [0.15, 0.2) is 158 Å². The Kier molecular flexibility index (Phi) is 24.8. The van der Waals surface area contributed by atoms with E-state index in [1.165, 1.54) is 420 Å². The van der Waals surface area contributed by atoms with Gasteiger partial charge in [-0.1, -0.05) is 212 Å². The van der Waals surface area contributed by atoms with Gasteiger partial charge in [-0.3, -0.25) is 0 Å². The predicted molar refractivity (Wildman–Crippen MR) is 549 cm³/mol. The molecule has 12 aliphatic carbocycles. The number of benzene rings is 8. The number of hydrogen-bond donors (Lipinski definition) is 0. The molecule has 6 spiro atoms. The highest BCUT2D eigenvalue weighted by Gasteiger charge is 2.48. The Morgan fingerprint density at radius 1 is 0.250 bits per heavy atom. The number of aryl methyl sites for hydroxylation is 11. The Morgan fingerprint density at radius 3 is 0.886 bits per heavy atom. The van der Waals surface area contributed by atoms with Crippen molar-refractivity contribution in [3.8, 4) is 56.7 Å². The molecule has 6 fully saturated rings. The summed E-state index contributed by atoms with van der Waals surface area (Å²) in [4.78, 5) is 0. The van der Waals surface area contributed by atoms with Crippen LogP contribution in [0.2, 0.25) is 0 Å². The molecule has 0 bridgehead atoms. The first kappa shape index (κ1) is 89.5. The van der Waals surface area contributed by atoms with Gasteiger partial charge in [0.15, 0.2) is 0 Å². The van der Waals surface area contributed by atoms with E-state index in [0.29, 0.717) is 32.5 Å². The predicted octanol–water partition coefficient (Wildman–Crippen LogP) is 29.7. The molecule has 12 aliphatic rings. The van der Waals surface area contributed by atoms with E-state index in [4.69, 9.17) is 0 Å². The molecule has 0 aliphatic heterocycles. The number of nitrogens with zero attached hydrogens (tertiary/aromatic N) is 6. The number of aromatic nitrogens is 6. The number of pyridine rings is 2. The third-order valence-corrected chi connectivity index (χ3v) is 38.2. The van der Waals surface area contributed by atoms with Crippen LogP contribution in [0.1, 0.15) is 342 Å². The van der Waals surface area contributed by atoms with Crippen LogP contribution in [0.4, 0.5) is 0 Å². The van der Waals surface area contributed by atoms with Gasteiger partial charge in [-0.05, 0) is 384 Å². The minimum Gasteiger partial charge on any atom is -0.232 e. The van der Waals surface area contributed by atoms with Crippen molar-refractivity contribution in [2.45, 2.75) is 364 Å². The second-order valence-corrected chi connectivity index (χ2v) is 46.5. The van der Waals surface area contributed by atoms with Crippen molar-refractivity contribution in [3.63, 3.8) is 0 Å². The standard InChI is InChI=1S/2C35H45N2.2C28H34N/c2*1-26-11-5-6-12-29(26)33-36(2)21-22-37(33)32-30-13-19-34(15-7-3-8-16-34)24-27(30)23-28-25-35(20-14-31(28)32)17-9-4-10-18-35;1-19-16-20(2)21(3)24(17-19)27-25-18-28(13-8-5-9-14-28)15-12-22(25)23-10-6-7-11-26(23)29(27)4;1-19-16-20(2)21(3)24(17-19)27-23-12-15-28(13-8-5-9-14-28)18-25(23)22-10-6-7-11-26(22)29(27)4/h2*5-6,11-12,21-23H,3-4,7-10,13-20,24-25H2,1-2H3;2*6-7,10-11,16-17H,5,8-9,12-15,18H2,1-4H3/q4*+1. The molecule has 12 aromatic rings. The normalized spacial score (nSPS) is 20.4. The molecule has 0 N–H and O–H groups in total. The Labute approximate surface area is 794 Å². The van der Waals surface area contributed by atoms with Crippen molar-refractivity contribution < 1.29 is 18.3 Å². The Hall–Kier alpha value is -9.00. The molecule has 4 aromatic heterocycles. The minimum absolute atomic E-state index is 0.544. The summed E-state index contributed by atoms with van der Waals surface area (Å²) in [6.07, 6.45) is 76.3. The summed E-state index contributed by atoms with van der Waals surface area (Å²) in [7, 11) is 9.03. The second kappa shape index (κ2) is 36.6. The number of hydrogen-bond acceptors (Lipinski definition) is 0. The van der Waals surface area contributed by atoms with Gasteiger partial charge in [0.05, 0.1) is 25.2 Å². The number of rotatable bonds is 6. The van der Waals surface area contributed by atoms with Crippen LogP contribution in [-0.4, -0.2) is 9.13 Å². The Balaban J connectivity index is 0.000000107. The third kappa shape index (κ3) is 16.7. The molecule has 0 radical (unpaired) electrons. The van der Waals surface area contributed by atoms with Gasteiger partial charge in [0.25, 0.3) is 11.6 Å². The summed E-state index contributed by atoms with van der Waals surface area (Å²) in [5.74, 6) is 2.68. The highest BCUT2D eigenvalue weighted by atomic mass is 15.2. The van der Waals surface area contributed by atoms with Gasteiger partial charge in [0.1, 0.15) is 50.3 Å². The molecular weight excluding hydrogens is 1600 g/mol. The molecule has 6 saturated carbocycles. The highest BCUT2D eigenvalue weighted by Crippen LogP contribution is 2.58. The monoisotopic (exact) mass is 1760 g/mol. The summed E-state index contributed by atoms with van der Waals surface area (Å²) < 4.78 is 14.9. The average Bonchev–Trinajstić information content (AvgIpc) is 1.27. The van der Waals surface area contributed by atoms with Crippen LogP contribution in [0.3, 0.4) is 0 Å². The van der Waals surface area contributed by atoms with Gasteiger partial charge < -0.3 is 0 Å². The van der Waals surface area contributed by atoms with Crippen LogP contribution in [0.5, 0.6) is 0 Å². The van der Waals surface area contributed by atoms with Crippen molar-refractivity contribution in [2.75, 3.05) is 0 Å². The summed E-state index contributed by atoms with van der Waals surface area (Å²) >= 11 is 0. The molecule has 4 heterocycles. The van der Waals surface area contributed by atoms with E-state index in [1.807, 2.05) is 0 Å². The lowest BCUT2D eigenvalue weighted by atomic mass is 9.61. The molecule has 6 nitrogen and oxygen atoms in total. The van der Waals surface area contributed by atoms with Gasteiger partial charge in [-0.15, -0.1) is 0 Å². The van der Waals surface area contributed by atoms with Gasteiger partial charge in [0.2, 0.25) is 22.4 Å². The highest BCUT2D eigenvalue weighted by molar-refractivity contribution is 5.87. The zero-order chi connectivity index (χ0) is 90.4. The van der Waals surface area contributed by atoms with E-state index in [9.17, 15) is 0 Å². The van der Waals surface area contributed by atoms with Crippen molar-refractivity contribution in [2.24, 2.45) is 60.7 Å². The zero-order valence-electron chi connectivity index (χ0n) is 83.6. The molecule has 8 aromatic carbocycles. The molecule has 0 saturated heterocycles. The zero-order valence-corrected chi connectivity index (χ0v) is 83.6. The Morgan fingerprint density at radius 2 is 0.538 bits per heavy atom. The number of para-hydroxylation sites is 2. The van der Waals surface area contributed by atoms with E-state index >= 15 is 0 Å². The van der Waals surface area contributed by atoms with Crippen LogP contribution in [0.25, 0.3) is 78.5 Å². The molecule has 0 unspecified atom stereocenters. The van der Waals surface area contributed by atoms with Crippen molar-refractivity contribution in [1.82, 2.24) is 9.13 Å². The maximum atomic E-state index is 2.75. The minimum atomic E-state index is 0.544. The first-order valence-electron chi connectivity index (χ1n) is 53.7. The van der Waals surface area contributed by atoms with E-state index in [2.05, 4.69) is 269 Å². The fraction of sp³-hybridized carbons (Fsp3) is 0.524. The maximum absolute atomic E-state index is 2.75. The van der Waals surface area contributed by atoms with Gasteiger partial charge in [-0.2, -0.15) is 18.3 Å². The second-order valence-electron chi connectivity index (χ2n) is 46.5. The summed E-state index contributed by atoms with van der Waals surface area (Å²) in [6, 6.07) is 51.1. The Bertz CT molecular complexity index is 6040. The SMILES string of the molecule is Cc1cc(C)c(C)c(-c2c3c(c4ccccc4[n+]2C)CC2(CCCCC2)CC3)c1.Cc1cc(C)c(C)c(-c2c3c(c4ccccc4[n+]2C)CCC2(CCCCC2)C3)c1.Cc1ccccc1-c1n(-c2c3c(cc4c2CCC2(CCCCC2)C4)CC2(CCCCC2)CC3)cc[n+]1C.Cc1ccccc1-c1n(-c2c3c(cc4c2CCC2(CCCCC2)C4)CC2(CCCCC2)CC3)cc[n+]1C. The lowest BCUT2D eigenvalue weighted by Crippen LogP contribution is -2.39. The molecule has 24 rings (SSSR count). The van der Waals surface area contributed by atoms with Crippen molar-refractivity contribution in [3.05, 3.63) is 270 Å². The quantitative estimate of drug-likeness (QED) is 0.148. The average molecular weight is 1760 g/mol. The van der Waals surface area contributed by atoms with Crippen LogP contribution < -0.4 is 18.3 Å². The largest absolute Gasteiger partial charge is 0.294 e. The topological polar surface area (TPSA) is 25.4 Å². The van der Waals surface area contributed by atoms with Crippen LogP contribution >= 0.6 is 0 Å². The lowest BCUT2D eigenvalue weighted by molar-refractivity contribution is -0.659. The smallest absolute Gasteiger partial charge is 0.232 e. The first-order valence-corrected chi connectivity index (χ1v) is 53.7. The molecule has 688 valence electrons. The lowest BCUT2D eigenvalue weighted by Gasteiger charge is -2.44. The van der Waals surface area contributed by atoms with Gasteiger partial charge in [-0.25, -0.2) is 9.13 Å².